The topological polar surface area (TPSA) is 162 Å². The predicted molar refractivity (Wildman–Crippen MR) is 143 cm³/mol. The summed E-state index contributed by atoms with van der Waals surface area (Å²) in [5, 5.41) is 60.3. The first kappa shape index (κ1) is 29.2. The number of nitrogens with zero attached hydrogens (tertiary/aromatic N) is 1. The summed E-state index contributed by atoms with van der Waals surface area (Å²) in [5.74, 6) is -0.466. The zero-order chi connectivity index (χ0) is 28.3. The van der Waals surface area contributed by atoms with Gasteiger partial charge in [0.1, 0.15) is 30.5 Å². The molecule has 10 nitrogen and oxygen atoms in total. The lowest BCUT2D eigenvalue weighted by molar-refractivity contribution is -0.250. The molecule has 1 aliphatic heterocycles. The van der Waals surface area contributed by atoms with Crippen LogP contribution in [0.25, 0.3) is 22.0 Å². The molecule has 4 rings (SSSR count). The minimum absolute atomic E-state index is 0.170. The monoisotopic (exact) mass is 543 g/mol. The number of carbonyl (C=O) groups excluding carboxylic acids is 1. The van der Waals surface area contributed by atoms with Gasteiger partial charge in [0, 0.05) is 23.1 Å². The maximum absolute atomic E-state index is 11.9. The van der Waals surface area contributed by atoms with Crippen LogP contribution in [0.3, 0.4) is 0 Å². The maximum Gasteiger partial charge on any atom is 0.306 e. The van der Waals surface area contributed by atoms with Crippen LogP contribution in [0.1, 0.15) is 35.9 Å². The van der Waals surface area contributed by atoms with E-state index in [4.69, 9.17) is 19.7 Å². The fraction of sp³-hybridized carbons (Fsp3) is 0.483. The summed E-state index contributed by atoms with van der Waals surface area (Å²) in [6.07, 6.45) is -5.91. The quantitative estimate of drug-likeness (QED) is 0.206. The Labute approximate surface area is 226 Å². The third kappa shape index (κ3) is 5.87. The first-order valence-corrected chi connectivity index (χ1v) is 13.1. The van der Waals surface area contributed by atoms with Crippen molar-refractivity contribution in [1.29, 1.82) is 0 Å². The Morgan fingerprint density at radius 1 is 0.974 bits per heavy atom. The van der Waals surface area contributed by atoms with Gasteiger partial charge in [0.15, 0.2) is 6.23 Å². The molecule has 0 radical (unpaired) electrons. The van der Waals surface area contributed by atoms with E-state index >= 15 is 0 Å². The molecule has 0 unspecified atom stereocenters. The number of aromatic nitrogens is 1. The molecule has 1 saturated heterocycles. The van der Waals surface area contributed by atoms with Crippen molar-refractivity contribution in [2.75, 3.05) is 19.8 Å². The Hall–Kier alpha value is -2.83. The van der Waals surface area contributed by atoms with Crippen LogP contribution in [-0.4, -0.2) is 91.5 Å². The number of aliphatic hydroxyl groups excluding tert-OH is 6. The number of hydrogen-bond donors (Lipinski definition) is 6. The average molecular weight is 544 g/mol. The fourth-order valence-corrected chi connectivity index (χ4v) is 5.29. The van der Waals surface area contributed by atoms with Gasteiger partial charge in [-0.25, -0.2) is 0 Å². The molecule has 212 valence electrons. The van der Waals surface area contributed by atoms with Crippen LogP contribution in [0.15, 0.2) is 42.5 Å². The second-order valence-corrected chi connectivity index (χ2v) is 10.0. The van der Waals surface area contributed by atoms with E-state index in [1.807, 2.05) is 60.9 Å². The highest BCUT2D eigenvalue weighted by atomic mass is 16.6. The molecule has 2 heterocycles. The van der Waals surface area contributed by atoms with E-state index in [0.29, 0.717) is 12.8 Å². The zero-order valence-electron chi connectivity index (χ0n) is 22.1. The molecule has 5 atom stereocenters. The van der Waals surface area contributed by atoms with E-state index in [9.17, 15) is 25.2 Å². The van der Waals surface area contributed by atoms with E-state index in [-0.39, 0.29) is 6.42 Å². The zero-order valence-corrected chi connectivity index (χ0v) is 22.1. The van der Waals surface area contributed by atoms with Crippen molar-refractivity contribution in [2.24, 2.45) is 0 Å². The van der Waals surface area contributed by atoms with E-state index in [1.165, 1.54) is 0 Å². The lowest BCUT2D eigenvalue weighted by atomic mass is 9.97. The van der Waals surface area contributed by atoms with Crippen molar-refractivity contribution < 1.29 is 44.9 Å². The number of carbonyl (C=O) groups is 1. The van der Waals surface area contributed by atoms with Crippen LogP contribution in [0.2, 0.25) is 0 Å². The van der Waals surface area contributed by atoms with Crippen LogP contribution in [0.5, 0.6) is 0 Å². The SMILES string of the molecule is Cc1cccc2c1c(-c1ccc(CCCC(=O)OC(CO)CO)cc1)c(C)n2[C@@H]1O[C@H](CO)[C@@H](O)[C@H](O)[C@H]1O. The van der Waals surface area contributed by atoms with Gasteiger partial charge in [0.25, 0.3) is 0 Å². The second kappa shape index (κ2) is 12.6. The minimum atomic E-state index is -1.49. The Morgan fingerprint density at radius 2 is 1.67 bits per heavy atom. The molecular formula is C29H37NO9. The van der Waals surface area contributed by atoms with E-state index < -0.39 is 62.5 Å². The summed E-state index contributed by atoms with van der Waals surface area (Å²) < 4.78 is 12.7. The summed E-state index contributed by atoms with van der Waals surface area (Å²) in [4.78, 5) is 11.9. The van der Waals surface area contributed by atoms with Crippen LogP contribution in [0, 0.1) is 13.8 Å². The van der Waals surface area contributed by atoms with Gasteiger partial charge in [0.2, 0.25) is 0 Å². The summed E-state index contributed by atoms with van der Waals surface area (Å²) in [7, 11) is 0. The first-order chi connectivity index (χ1) is 18.7. The summed E-state index contributed by atoms with van der Waals surface area (Å²) >= 11 is 0. The molecular weight excluding hydrogens is 506 g/mol. The number of aryl methyl sites for hydroxylation is 2. The Bertz CT molecular complexity index is 1270. The second-order valence-electron chi connectivity index (χ2n) is 10.0. The predicted octanol–water partition coefficient (Wildman–Crippen LogP) is 1.12. The molecule has 0 amide bonds. The third-order valence-corrected chi connectivity index (χ3v) is 7.40. The highest BCUT2D eigenvalue weighted by molar-refractivity contribution is 6.00. The smallest absolute Gasteiger partial charge is 0.306 e. The third-order valence-electron chi connectivity index (χ3n) is 7.40. The van der Waals surface area contributed by atoms with E-state index in [2.05, 4.69) is 0 Å². The molecule has 6 N–H and O–H groups in total. The molecule has 10 heteroatoms. The van der Waals surface area contributed by atoms with Crippen molar-refractivity contribution in [3.8, 4) is 11.1 Å². The molecule has 2 aromatic carbocycles. The van der Waals surface area contributed by atoms with Crippen molar-refractivity contribution in [2.45, 2.75) is 69.9 Å². The summed E-state index contributed by atoms with van der Waals surface area (Å²) in [5.41, 5.74) is 5.50. The largest absolute Gasteiger partial charge is 0.457 e. The molecule has 0 spiro atoms. The van der Waals surface area contributed by atoms with Gasteiger partial charge in [-0.1, -0.05) is 36.4 Å². The lowest BCUT2D eigenvalue weighted by Crippen LogP contribution is -2.56. The Morgan fingerprint density at radius 3 is 2.31 bits per heavy atom. The van der Waals surface area contributed by atoms with Gasteiger partial charge in [0.05, 0.1) is 25.3 Å². The number of aliphatic hydroxyl groups is 6. The number of fused-ring (bicyclic) bond motifs is 1. The number of rotatable bonds is 10. The number of hydrogen-bond acceptors (Lipinski definition) is 9. The molecule has 0 aliphatic carbocycles. The molecule has 0 bridgehead atoms. The summed E-state index contributed by atoms with van der Waals surface area (Å²) in [6.45, 7) is 2.55. The first-order valence-electron chi connectivity index (χ1n) is 13.1. The van der Waals surface area contributed by atoms with Crippen LogP contribution in [-0.2, 0) is 20.7 Å². The normalized spacial score (nSPS) is 23.5. The van der Waals surface area contributed by atoms with E-state index in [0.717, 1.165) is 38.9 Å². The highest BCUT2D eigenvalue weighted by Gasteiger charge is 2.45. The molecule has 1 fully saturated rings. The molecule has 1 aliphatic rings. The minimum Gasteiger partial charge on any atom is -0.457 e. The van der Waals surface area contributed by atoms with Crippen molar-refractivity contribution >= 4 is 16.9 Å². The maximum atomic E-state index is 11.9. The van der Waals surface area contributed by atoms with Crippen molar-refractivity contribution in [1.82, 2.24) is 4.57 Å². The van der Waals surface area contributed by atoms with Gasteiger partial charge < -0.3 is 44.7 Å². The molecule has 39 heavy (non-hydrogen) atoms. The standard InChI is InChI=1S/C29H37NO9/c1-16-5-3-7-21-24(16)25(17(2)30(21)29-28(37)27(36)26(35)22(15-33)39-29)19-11-9-18(10-12-19)6-4-8-23(34)38-20(13-31)14-32/h3,5,7,9-12,20,22,26-29,31-33,35-37H,4,6,8,13-15H2,1-2H3/t22-,26-,27+,28-,29-/m1/s1. The Balaban J connectivity index is 1.60. The number of esters is 1. The van der Waals surface area contributed by atoms with Crippen LogP contribution < -0.4 is 0 Å². The van der Waals surface area contributed by atoms with Gasteiger partial charge in [-0.3, -0.25) is 4.79 Å². The van der Waals surface area contributed by atoms with Crippen LogP contribution in [0.4, 0.5) is 0 Å². The van der Waals surface area contributed by atoms with Crippen molar-refractivity contribution in [3.63, 3.8) is 0 Å². The molecule has 0 saturated carbocycles. The van der Waals surface area contributed by atoms with Gasteiger partial charge in [-0.15, -0.1) is 0 Å². The number of ether oxygens (including phenoxy) is 2. The van der Waals surface area contributed by atoms with Gasteiger partial charge >= 0.3 is 5.97 Å². The Kier molecular flexibility index (Phi) is 9.39. The molecule has 3 aromatic rings. The van der Waals surface area contributed by atoms with Gasteiger partial charge in [-0.05, 0) is 49.4 Å². The van der Waals surface area contributed by atoms with E-state index in [1.54, 1.807) is 0 Å². The van der Waals surface area contributed by atoms with Gasteiger partial charge in [-0.2, -0.15) is 0 Å². The number of benzene rings is 2. The van der Waals surface area contributed by atoms with Crippen LogP contribution >= 0.6 is 0 Å². The molecule has 1 aromatic heterocycles. The fourth-order valence-electron chi connectivity index (χ4n) is 5.29. The summed E-state index contributed by atoms with van der Waals surface area (Å²) in [6, 6.07) is 13.8. The van der Waals surface area contributed by atoms with Crippen molar-refractivity contribution in [3.05, 3.63) is 59.3 Å². The highest BCUT2D eigenvalue weighted by Crippen LogP contribution is 2.41. The lowest BCUT2D eigenvalue weighted by Gasteiger charge is -2.41. The average Bonchev–Trinajstić information content (AvgIpc) is 3.24.